The minimum Gasteiger partial charge on any atom is -0.355 e. The van der Waals surface area contributed by atoms with Gasteiger partial charge in [0.15, 0.2) is 0 Å². The highest BCUT2D eigenvalue weighted by atomic mass is 16.1. The van der Waals surface area contributed by atoms with E-state index in [1.54, 1.807) is 0 Å². The monoisotopic (exact) mass is 252 g/mol. The fourth-order valence-corrected chi connectivity index (χ4v) is 2.87. The van der Waals surface area contributed by atoms with E-state index in [-0.39, 0.29) is 5.91 Å². The highest BCUT2D eigenvalue weighted by molar-refractivity contribution is 5.77. The molecule has 0 unspecified atom stereocenters. The summed E-state index contributed by atoms with van der Waals surface area (Å²) in [5.41, 5.74) is 0. The van der Waals surface area contributed by atoms with E-state index < -0.39 is 0 Å². The Morgan fingerprint density at radius 3 is 2.50 bits per heavy atom. The van der Waals surface area contributed by atoms with Crippen LogP contribution in [0.25, 0.3) is 0 Å². The highest BCUT2D eigenvalue weighted by Crippen LogP contribution is 2.27. The van der Waals surface area contributed by atoms with E-state index in [1.807, 2.05) is 0 Å². The number of hydrogen-bond donors (Lipinski definition) is 2. The maximum Gasteiger partial charge on any atom is 0.233 e. The van der Waals surface area contributed by atoms with Crippen molar-refractivity contribution in [1.82, 2.24) is 10.6 Å². The molecule has 2 fully saturated rings. The number of hydrogen-bond acceptors (Lipinski definition) is 2. The third kappa shape index (κ3) is 5.85. The maximum atomic E-state index is 11.5. The van der Waals surface area contributed by atoms with Crippen molar-refractivity contribution in [2.45, 2.75) is 57.8 Å². The van der Waals surface area contributed by atoms with Crippen molar-refractivity contribution in [1.29, 1.82) is 0 Å². The summed E-state index contributed by atoms with van der Waals surface area (Å²) in [5.74, 6) is 1.95. The first-order valence-electron chi connectivity index (χ1n) is 7.82. The van der Waals surface area contributed by atoms with Crippen molar-refractivity contribution >= 4 is 5.91 Å². The lowest BCUT2D eigenvalue weighted by atomic mass is 9.86. The summed E-state index contributed by atoms with van der Waals surface area (Å²) >= 11 is 0. The second-order valence-electron chi connectivity index (χ2n) is 6.07. The number of carbonyl (C=O) groups is 1. The molecule has 1 amide bonds. The molecule has 2 aliphatic carbocycles. The van der Waals surface area contributed by atoms with E-state index in [0.29, 0.717) is 6.54 Å². The molecule has 104 valence electrons. The summed E-state index contributed by atoms with van der Waals surface area (Å²) in [4.78, 5) is 11.5. The van der Waals surface area contributed by atoms with Gasteiger partial charge >= 0.3 is 0 Å². The molecule has 3 nitrogen and oxygen atoms in total. The van der Waals surface area contributed by atoms with Crippen LogP contribution < -0.4 is 10.6 Å². The molecule has 3 heteroatoms. The van der Waals surface area contributed by atoms with Crippen LogP contribution >= 0.6 is 0 Å². The highest BCUT2D eigenvalue weighted by Gasteiger charge is 2.20. The zero-order valence-corrected chi connectivity index (χ0v) is 11.5. The molecule has 2 aliphatic rings. The van der Waals surface area contributed by atoms with E-state index in [9.17, 15) is 4.79 Å². The lowest BCUT2D eigenvalue weighted by Gasteiger charge is -2.21. The van der Waals surface area contributed by atoms with Crippen LogP contribution in [0, 0.1) is 11.8 Å². The van der Waals surface area contributed by atoms with E-state index in [4.69, 9.17) is 0 Å². The first-order chi connectivity index (χ1) is 8.84. The maximum absolute atomic E-state index is 11.5. The van der Waals surface area contributed by atoms with Crippen LogP contribution in [-0.4, -0.2) is 25.5 Å². The second kappa shape index (κ2) is 7.78. The molecule has 18 heavy (non-hydrogen) atoms. The van der Waals surface area contributed by atoms with Gasteiger partial charge in [-0.15, -0.1) is 0 Å². The van der Waals surface area contributed by atoms with Crippen LogP contribution in [0.1, 0.15) is 57.8 Å². The molecule has 0 aliphatic heterocycles. The molecule has 2 rings (SSSR count). The Bertz CT molecular complexity index is 245. The number of rotatable bonds is 8. The lowest BCUT2D eigenvalue weighted by Crippen LogP contribution is -2.35. The van der Waals surface area contributed by atoms with Crippen LogP contribution in [0.5, 0.6) is 0 Å². The normalized spacial score (nSPS) is 20.9. The fourth-order valence-electron chi connectivity index (χ4n) is 2.87. The van der Waals surface area contributed by atoms with E-state index in [1.165, 1.54) is 51.4 Å². The van der Waals surface area contributed by atoms with Crippen LogP contribution in [0.3, 0.4) is 0 Å². The quantitative estimate of drug-likeness (QED) is 0.652. The number of carbonyl (C=O) groups excluding carboxylic acids is 1. The molecule has 2 N–H and O–H groups in total. The van der Waals surface area contributed by atoms with Crippen molar-refractivity contribution in [3.05, 3.63) is 0 Å². The molecule has 0 atom stereocenters. The Kier molecular flexibility index (Phi) is 5.98. The average Bonchev–Trinajstić information content (AvgIpc) is 3.20. The minimum atomic E-state index is 0.166. The Morgan fingerprint density at radius 1 is 1.00 bits per heavy atom. The lowest BCUT2D eigenvalue weighted by molar-refractivity contribution is -0.120. The van der Waals surface area contributed by atoms with Crippen molar-refractivity contribution in [2.75, 3.05) is 19.6 Å². The second-order valence-corrected chi connectivity index (χ2v) is 6.07. The first-order valence-corrected chi connectivity index (χ1v) is 7.82. The SMILES string of the molecule is O=C(CNCC1CC1)NCCCC1CCCCC1. The van der Waals surface area contributed by atoms with Gasteiger partial charge in [0.2, 0.25) is 5.91 Å². The third-order valence-corrected chi connectivity index (χ3v) is 4.25. The van der Waals surface area contributed by atoms with Gasteiger partial charge < -0.3 is 10.6 Å². The molecule has 0 aromatic heterocycles. The van der Waals surface area contributed by atoms with Crippen molar-refractivity contribution in [2.24, 2.45) is 11.8 Å². The number of amides is 1. The Hall–Kier alpha value is -0.570. The first kappa shape index (κ1) is 13.9. The predicted octanol–water partition coefficient (Wildman–Crippen LogP) is 2.46. The number of nitrogens with one attached hydrogen (secondary N) is 2. The summed E-state index contributed by atoms with van der Waals surface area (Å²) < 4.78 is 0. The average molecular weight is 252 g/mol. The van der Waals surface area contributed by atoms with Crippen molar-refractivity contribution < 1.29 is 4.79 Å². The van der Waals surface area contributed by atoms with Gasteiger partial charge in [0.1, 0.15) is 0 Å². The molecule has 0 saturated heterocycles. The molecule has 0 heterocycles. The van der Waals surface area contributed by atoms with Gasteiger partial charge in [-0.2, -0.15) is 0 Å². The van der Waals surface area contributed by atoms with E-state index >= 15 is 0 Å². The summed E-state index contributed by atoms with van der Waals surface area (Å²) in [6, 6.07) is 0. The summed E-state index contributed by atoms with van der Waals surface area (Å²) in [6.07, 6.45) is 12.2. The molecular weight excluding hydrogens is 224 g/mol. The predicted molar refractivity (Wildman–Crippen MR) is 74.4 cm³/mol. The summed E-state index contributed by atoms with van der Waals surface area (Å²) in [5, 5.41) is 6.24. The van der Waals surface area contributed by atoms with E-state index in [0.717, 1.165) is 31.3 Å². The topological polar surface area (TPSA) is 41.1 Å². The van der Waals surface area contributed by atoms with Gasteiger partial charge in [0, 0.05) is 6.54 Å². The van der Waals surface area contributed by atoms with Crippen LogP contribution in [0.2, 0.25) is 0 Å². The third-order valence-electron chi connectivity index (χ3n) is 4.25. The van der Waals surface area contributed by atoms with E-state index in [2.05, 4.69) is 10.6 Å². The van der Waals surface area contributed by atoms with Gasteiger partial charge in [-0.25, -0.2) is 0 Å². The molecule has 2 saturated carbocycles. The van der Waals surface area contributed by atoms with Gasteiger partial charge in [-0.05, 0) is 44.1 Å². The Morgan fingerprint density at radius 2 is 1.78 bits per heavy atom. The van der Waals surface area contributed by atoms with Crippen LogP contribution in [0.15, 0.2) is 0 Å². The van der Waals surface area contributed by atoms with Crippen molar-refractivity contribution in [3.63, 3.8) is 0 Å². The van der Waals surface area contributed by atoms with Gasteiger partial charge in [-0.1, -0.05) is 32.1 Å². The van der Waals surface area contributed by atoms with Gasteiger partial charge in [0.25, 0.3) is 0 Å². The fraction of sp³-hybridized carbons (Fsp3) is 0.933. The minimum absolute atomic E-state index is 0.166. The zero-order chi connectivity index (χ0) is 12.6. The van der Waals surface area contributed by atoms with Gasteiger partial charge in [0.05, 0.1) is 6.54 Å². The van der Waals surface area contributed by atoms with Crippen LogP contribution in [0.4, 0.5) is 0 Å². The zero-order valence-electron chi connectivity index (χ0n) is 11.5. The molecule has 0 radical (unpaired) electrons. The molecule has 0 aromatic rings. The molecule has 0 bridgehead atoms. The largest absolute Gasteiger partial charge is 0.355 e. The smallest absolute Gasteiger partial charge is 0.233 e. The van der Waals surface area contributed by atoms with Crippen LogP contribution in [-0.2, 0) is 4.79 Å². The molecule has 0 spiro atoms. The summed E-state index contributed by atoms with van der Waals surface area (Å²) in [6.45, 7) is 2.38. The Balaban J connectivity index is 1.40. The Labute approximate surface area is 111 Å². The summed E-state index contributed by atoms with van der Waals surface area (Å²) in [7, 11) is 0. The van der Waals surface area contributed by atoms with Crippen molar-refractivity contribution in [3.8, 4) is 0 Å². The van der Waals surface area contributed by atoms with Gasteiger partial charge in [-0.3, -0.25) is 4.79 Å². The molecular formula is C15H28N2O. The molecule has 0 aromatic carbocycles. The standard InChI is InChI=1S/C15H28N2O/c18-15(12-16-11-14-8-9-14)17-10-4-7-13-5-2-1-3-6-13/h13-14,16H,1-12H2,(H,17,18).